The van der Waals surface area contributed by atoms with Crippen LogP contribution in [0.4, 0.5) is 16.5 Å². The third-order valence-electron chi connectivity index (χ3n) is 3.21. The number of benzene rings is 2. The lowest BCUT2D eigenvalue weighted by Gasteiger charge is -2.12. The molecular weight excluding hydrogens is 278 g/mol. The fourth-order valence-corrected chi connectivity index (χ4v) is 2.78. The second kappa shape index (κ2) is 5.97. The van der Waals surface area contributed by atoms with Gasteiger partial charge in [0, 0.05) is 36.4 Å². The maximum absolute atomic E-state index is 4.63. The van der Waals surface area contributed by atoms with E-state index in [1.807, 2.05) is 32.3 Å². The summed E-state index contributed by atoms with van der Waals surface area (Å²) in [6, 6.07) is 18.5. The van der Waals surface area contributed by atoms with E-state index in [4.69, 9.17) is 0 Å². The van der Waals surface area contributed by atoms with E-state index in [0.717, 1.165) is 22.1 Å². The predicted octanol–water partition coefficient (Wildman–Crippen LogP) is 4.62. The first-order chi connectivity index (χ1) is 10.2. The van der Waals surface area contributed by atoms with E-state index in [1.165, 1.54) is 5.69 Å². The van der Waals surface area contributed by atoms with Crippen molar-refractivity contribution in [2.24, 2.45) is 0 Å². The van der Waals surface area contributed by atoms with E-state index in [9.17, 15) is 0 Å². The Morgan fingerprint density at radius 2 is 1.67 bits per heavy atom. The zero-order valence-electron chi connectivity index (χ0n) is 12.1. The number of anilines is 3. The maximum Gasteiger partial charge on any atom is 0.187 e. The van der Waals surface area contributed by atoms with Gasteiger partial charge in [0.15, 0.2) is 5.13 Å². The molecular formula is C17H17N3S. The Balaban J connectivity index is 1.75. The fraction of sp³-hybridized carbons (Fsp3) is 0.118. The first-order valence-corrected chi connectivity index (χ1v) is 7.66. The molecule has 0 bridgehead atoms. The maximum atomic E-state index is 4.63. The van der Waals surface area contributed by atoms with Gasteiger partial charge in [0.1, 0.15) is 0 Å². The lowest BCUT2D eigenvalue weighted by Crippen LogP contribution is -2.08. The number of nitrogens with zero attached hydrogens (tertiary/aromatic N) is 2. The third-order valence-corrected chi connectivity index (χ3v) is 3.97. The molecule has 0 aliphatic rings. The molecule has 0 fully saturated rings. The van der Waals surface area contributed by atoms with Crippen LogP contribution in [0.25, 0.3) is 11.3 Å². The van der Waals surface area contributed by atoms with Crippen molar-refractivity contribution in [3.05, 3.63) is 60.0 Å². The molecule has 4 heteroatoms. The van der Waals surface area contributed by atoms with Gasteiger partial charge >= 0.3 is 0 Å². The zero-order valence-corrected chi connectivity index (χ0v) is 12.9. The largest absolute Gasteiger partial charge is 0.378 e. The average molecular weight is 295 g/mol. The standard InChI is InChI=1S/C17H17N3S/c1-20(2)15-10-8-14(9-11-15)18-17-19-16(12-21-17)13-6-4-3-5-7-13/h3-12H,1-2H3,(H,18,19). The average Bonchev–Trinajstić information content (AvgIpc) is 2.97. The number of hydrogen-bond acceptors (Lipinski definition) is 4. The van der Waals surface area contributed by atoms with Crippen LogP contribution in [0.1, 0.15) is 0 Å². The minimum Gasteiger partial charge on any atom is -0.378 e. The van der Waals surface area contributed by atoms with Crippen LogP contribution in [0.3, 0.4) is 0 Å². The van der Waals surface area contributed by atoms with Crippen molar-refractivity contribution < 1.29 is 0 Å². The van der Waals surface area contributed by atoms with Crippen molar-refractivity contribution >= 4 is 27.8 Å². The molecule has 2 aromatic carbocycles. The highest BCUT2D eigenvalue weighted by atomic mass is 32.1. The Kier molecular flexibility index (Phi) is 3.88. The SMILES string of the molecule is CN(C)c1ccc(Nc2nc(-c3ccccc3)cs2)cc1. The molecule has 0 aliphatic heterocycles. The Morgan fingerprint density at radius 3 is 2.33 bits per heavy atom. The molecule has 1 aromatic heterocycles. The fourth-order valence-electron chi connectivity index (χ4n) is 2.04. The number of rotatable bonds is 4. The molecule has 0 amide bonds. The van der Waals surface area contributed by atoms with Gasteiger partial charge in [0.25, 0.3) is 0 Å². The Labute approximate surface area is 128 Å². The number of nitrogens with one attached hydrogen (secondary N) is 1. The first kappa shape index (κ1) is 13.6. The van der Waals surface area contributed by atoms with Crippen LogP contribution in [0.2, 0.25) is 0 Å². The molecule has 106 valence electrons. The van der Waals surface area contributed by atoms with Crippen molar-refractivity contribution in [1.29, 1.82) is 0 Å². The van der Waals surface area contributed by atoms with Crippen molar-refractivity contribution in [2.75, 3.05) is 24.3 Å². The summed E-state index contributed by atoms with van der Waals surface area (Å²) >= 11 is 1.62. The number of thiazole rings is 1. The highest BCUT2D eigenvalue weighted by molar-refractivity contribution is 7.14. The smallest absolute Gasteiger partial charge is 0.187 e. The minimum atomic E-state index is 0.909. The lowest BCUT2D eigenvalue weighted by atomic mass is 10.2. The minimum absolute atomic E-state index is 0.909. The van der Waals surface area contributed by atoms with Gasteiger partial charge in [-0.15, -0.1) is 11.3 Å². The molecule has 1 N–H and O–H groups in total. The van der Waals surface area contributed by atoms with Gasteiger partial charge in [0.05, 0.1) is 5.69 Å². The second-order valence-corrected chi connectivity index (χ2v) is 5.83. The summed E-state index contributed by atoms with van der Waals surface area (Å²) in [5.74, 6) is 0. The van der Waals surface area contributed by atoms with Crippen LogP contribution in [-0.4, -0.2) is 19.1 Å². The summed E-state index contributed by atoms with van der Waals surface area (Å²) in [6.45, 7) is 0. The monoisotopic (exact) mass is 295 g/mol. The highest BCUT2D eigenvalue weighted by Crippen LogP contribution is 2.27. The summed E-state index contributed by atoms with van der Waals surface area (Å²) in [6.07, 6.45) is 0. The Hall–Kier alpha value is -2.33. The van der Waals surface area contributed by atoms with Gasteiger partial charge in [-0.2, -0.15) is 0 Å². The van der Waals surface area contributed by atoms with Crippen molar-refractivity contribution in [1.82, 2.24) is 4.98 Å². The quantitative estimate of drug-likeness (QED) is 0.761. The summed E-state index contributed by atoms with van der Waals surface area (Å²) in [5.41, 5.74) is 4.39. The Bertz CT molecular complexity index is 702. The van der Waals surface area contributed by atoms with Crippen LogP contribution in [-0.2, 0) is 0 Å². The predicted molar refractivity (Wildman–Crippen MR) is 91.6 cm³/mol. The van der Waals surface area contributed by atoms with Crippen LogP contribution in [0.15, 0.2) is 60.0 Å². The number of aromatic nitrogens is 1. The van der Waals surface area contributed by atoms with E-state index in [2.05, 4.69) is 57.0 Å². The third kappa shape index (κ3) is 3.23. The zero-order chi connectivity index (χ0) is 14.7. The number of hydrogen-bond donors (Lipinski definition) is 1. The normalized spacial score (nSPS) is 10.4. The molecule has 3 nitrogen and oxygen atoms in total. The van der Waals surface area contributed by atoms with E-state index in [0.29, 0.717) is 0 Å². The van der Waals surface area contributed by atoms with Crippen LogP contribution in [0.5, 0.6) is 0 Å². The van der Waals surface area contributed by atoms with Gasteiger partial charge in [0.2, 0.25) is 0 Å². The molecule has 0 atom stereocenters. The summed E-state index contributed by atoms with van der Waals surface area (Å²) in [5, 5.41) is 6.33. The molecule has 0 unspecified atom stereocenters. The van der Waals surface area contributed by atoms with E-state index < -0.39 is 0 Å². The highest BCUT2D eigenvalue weighted by Gasteiger charge is 2.04. The second-order valence-electron chi connectivity index (χ2n) is 4.97. The van der Waals surface area contributed by atoms with Gasteiger partial charge in [-0.05, 0) is 24.3 Å². The summed E-state index contributed by atoms with van der Waals surface area (Å²) in [4.78, 5) is 6.71. The molecule has 0 spiro atoms. The van der Waals surface area contributed by atoms with Gasteiger partial charge in [-0.3, -0.25) is 0 Å². The van der Waals surface area contributed by atoms with Gasteiger partial charge in [-0.1, -0.05) is 30.3 Å². The lowest BCUT2D eigenvalue weighted by molar-refractivity contribution is 1.13. The molecule has 1 heterocycles. The molecule has 0 radical (unpaired) electrons. The van der Waals surface area contributed by atoms with Crippen LogP contribution < -0.4 is 10.2 Å². The summed E-state index contributed by atoms with van der Waals surface area (Å²) < 4.78 is 0. The van der Waals surface area contributed by atoms with Crippen molar-refractivity contribution in [3.63, 3.8) is 0 Å². The van der Waals surface area contributed by atoms with Gasteiger partial charge in [-0.25, -0.2) is 4.98 Å². The van der Waals surface area contributed by atoms with E-state index in [1.54, 1.807) is 11.3 Å². The van der Waals surface area contributed by atoms with E-state index >= 15 is 0 Å². The molecule has 3 aromatic rings. The topological polar surface area (TPSA) is 28.2 Å². The Morgan fingerprint density at radius 1 is 0.952 bits per heavy atom. The first-order valence-electron chi connectivity index (χ1n) is 6.78. The van der Waals surface area contributed by atoms with Crippen molar-refractivity contribution in [3.8, 4) is 11.3 Å². The molecule has 0 saturated heterocycles. The molecule has 0 saturated carbocycles. The van der Waals surface area contributed by atoms with Crippen molar-refractivity contribution in [2.45, 2.75) is 0 Å². The van der Waals surface area contributed by atoms with E-state index in [-0.39, 0.29) is 0 Å². The molecule has 0 aliphatic carbocycles. The summed E-state index contributed by atoms with van der Waals surface area (Å²) in [7, 11) is 4.07. The van der Waals surface area contributed by atoms with Crippen LogP contribution >= 0.6 is 11.3 Å². The van der Waals surface area contributed by atoms with Gasteiger partial charge < -0.3 is 10.2 Å². The molecule has 3 rings (SSSR count). The molecule has 21 heavy (non-hydrogen) atoms. The van der Waals surface area contributed by atoms with Crippen LogP contribution in [0, 0.1) is 0 Å².